The molecule has 18 heavy (non-hydrogen) atoms. The summed E-state index contributed by atoms with van der Waals surface area (Å²) in [5.41, 5.74) is 5.51. The van der Waals surface area contributed by atoms with E-state index in [0.29, 0.717) is 26.2 Å². The number of ether oxygens (including phenoxy) is 1. The summed E-state index contributed by atoms with van der Waals surface area (Å²) in [4.78, 5) is 3.95. The maximum Gasteiger partial charge on any atom is 0.262 e. The lowest BCUT2D eigenvalue weighted by Gasteiger charge is -2.30. The highest BCUT2D eigenvalue weighted by molar-refractivity contribution is 7.89. The molecule has 1 fully saturated rings. The second-order valence-electron chi connectivity index (χ2n) is 4.13. The van der Waals surface area contributed by atoms with Gasteiger partial charge in [0.15, 0.2) is 5.03 Å². The van der Waals surface area contributed by atoms with Crippen molar-refractivity contribution in [2.75, 3.05) is 26.2 Å². The van der Waals surface area contributed by atoms with Gasteiger partial charge in [0.2, 0.25) is 0 Å². The predicted octanol–water partition coefficient (Wildman–Crippen LogP) is -0.749. The van der Waals surface area contributed by atoms with Crippen molar-refractivity contribution in [3.63, 3.8) is 0 Å². The Labute approximate surface area is 107 Å². The summed E-state index contributed by atoms with van der Waals surface area (Å²) in [5.74, 6) is 0. The largest absolute Gasteiger partial charge is 0.374 e. The third-order valence-electron chi connectivity index (χ3n) is 2.94. The van der Waals surface area contributed by atoms with E-state index in [4.69, 9.17) is 10.5 Å². The summed E-state index contributed by atoms with van der Waals surface area (Å²) in [6, 6.07) is 0. The molecule has 0 aliphatic carbocycles. The van der Waals surface area contributed by atoms with E-state index in [1.807, 2.05) is 6.92 Å². The molecule has 1 aliphatic rings. The van der Waals surface area contributed by atoms with Crippen LogP contribution >= 0.6 is 0 Å². The van der Waals surface area contributed by atoms with Crippen molar-refractivity contribution in [1.29, 1.82) is 0 Å². The topological polar surface area (TPSA) is 90.5 Å². The maximum atomic E-state index is 12.3. The van der Waals surface area contributed by atoms with Crippen LogP contribution in [0.15, 0.2) is 17.6 Å². The van der Waals surface area contributed by atoms with Gasteiger partial charge in [-0.3, -0.25) is 0 Å². The van der Waals surface area contributed by atoms with Gasteiger partial charge in [-0.15, -0.1) is 0 Å². The van der Waals surface area contributed by atoms with Crippen molar-refractivity contribution in [3.05, 3.63) is 12.5 Å². The number of hydrogen-bond acceptors (Lipinski definition) is 5. The van der Waals surface area contributed by atoms with Crippen LogP contribution in [0.3, 0.4) is 0 Å². The van der Waals surface area contributed by atoms with Crippen LogP contribution in [-0.2, 0) is 21.3 Å². The molecule has 102 valence electrons. The molecule has 0 radical (unpaired) electrons. The third-order valence-corrected chi connectivity index (χ3v) is 4.69. The van der Waals surface area contributed by atoms with Crippen molar-refractivity contribution in [2.24, 2.45) is 5.73 Å². The van der Waals surface area contributed by atoms with Crippen LogP contribution in [0.2, 0.25) is 0 Å². The molecule has 1 unspecified atom stereocenters. The Bertz CT molecular complexity index is 499. The van der Waals surface area contributed by atoms with E-state index in [9.17, 15) is 8.42 Å². The van der Waals surface area contributed by atoms with Crippen molar-refractivity contribution in [1.82, 2.24) is 13.9 Å². The Morgan fingerprint density at radius 1 is 1.61 bits per heavy atom. The average Bonchev–Trinajstić information content (AvgIpc) is 2.88. The normalized spacial score (nSPS) is 22.2. The van der Waals surface area contributed by atoms with Crippen LogP contribution in [0.5, 0.6) is 0 Å². The minimum Gasteiger partial charge on any atom is -0.374 e. The highest BCUT2D eigenvalue weighted by Gasteiger charge is 2.31. The molecule has 7 nitrogen and oxygen atoms in total. The standard InChI is InChI=1S/C10H18N4O3S/c1-2-13-7-10(12-8-13)18(15,16)14-3-4-17-9(5-11)6-14/h7-9H,2-6,11H2,1H3. The summed E-state index contributed by atoms with van der Waals surface area (Å²) < 4.78 is 33.1. The SMILES string of the molecule is CCn1cnc(S(=O)(=O)N2CCOC(CN)C2)c1. The van der Waals surface area contributed by atoms with Gasteiger partial charge < -0.3 is 15.0 Å². The van der Waals surface area contributed by atoms with E-state index in [1.165, 1.54) is 10.6 Å². The number of nitrogens with zero attached hydrogens (tertiary/aromatic N) is 3. The van der Waals surface area contributed by atoms with Crippen molar-refractivity contribution in [3.8, 4) is 0 Å². The van der Waals surface area contributed by atoms with Gasteiger partial charge in [-0.05, 0) is 6.92 Å². The second kappa shape index (κ2) is 5.35. The number of morpholine rings is 1. The molecule has 1 atom stereocenters. The Balaban J connectivity index is 2.19. The number of nitrogens with two attached hydrogens (primary N) is 1. The lowest BCUT2D eigenvalue weighted by molar-refractivity contribution is 0.00444. The fourth-order valence-corrected chi connectivity index (χ4v) is 3.22. The Morgan fingerprint density at radius 2 is 2.39 bits per heavy atom. The molecule has 2 N–H and O–H groups in total. The molecule has 0 amide bonds. The van der Waals surface area contributed by atoms with Crippen LogP contribution in [0.25, 0.3) is 0 Å². The lowest BCUT2D eigenvalue weighted by atomic mass is 10.3. The molecule has 0 bridgehead atoms. The smallest absolute Gasteiger partial charge is 0.262 e. The molecule has 2 rings (SSSR count). The second-order valence-corrected chi connectivity index (χ2v) is 6.02. The molecule has 0 spiro atoms. The minimum absolute atomic E-state index is 0.0852. The molecule has 1 aliphatic heterocycles. The number of hydrogen-bond donors (Lipinski definition) is 1. The number of sulfonamides is 1. The predicted molar refractivity (Wildman–Crippen MR) is 65.5 cm³/mol. The molecule has 0 saturated carbocycles. The monoisotopic (exact) mass is 274 g/mol. The van der Waals surface area contributed by atoms with Crippen LogP contribution in [0, 0.1) is 0 Å². The van der Waals surface area contributed by atoms with Gasteiger partial charge in [-0.25, -0.2) is 13.4 Å². The Kier molecular flexibility index (Phi) is 4.00. The van der Waals surface area contributed by atoms with E-state index in [0.717, 1.165) is 0 Å². The fraction of sp³-hybridized carbons (Fsp3) is 0.700. The van der Waals surface area contributed by atoms with Crippen LogP contribution in [0.4, 0.5) is 0 Å². The summed E-state index contributed by atoms with van der Waals surface area (Å²) in [6.45, 7) is 3.94. The van der Waals surface area contributed by atoms with E-state index < -0.39 is 10.0 Å². The summed E-state index contributed by atoms with van der Waals surface area (Å²) in [6.07, 6.45) is 2.83. The molecule has 1 saturated heterocycles. The highest BCUT2D eigenvalue weighted by Crippen LogP contribution is 2.16. The summed E-state index contributed by atoms with van der Waals surface area (Å²) in [7, 11) is -3.53. The zero-order chi connectivity index (χ0) is 13.2. The van der Waals surface area contributed by atoms with Gasteiger partial charge in [-0.1, -0.05) is 0 Å². The van der Waals surface area contributed by atoms with Crippen LogP contribution in [-0.4, -0.2) is 54.6 Å². The molecular weight excluding hydrogens is 256 g/mol. The van der Waals surface area contributed by atoms with E-state index >= 15 is 0 Å². The fourth-order valence-electron chi connectivity index (χ4n) is 1.83. The van der Waals surface area contributed by atoms with Gasteiger partial charge in [0.05, 0.1) is 19.0 Å². The van der Waals surface area contributed by atoms with Crippen LogP contribution in [0.1, 0.15) is 6.92 Å². The molecule has 0 aromatic carbocycles. The molecule has 8 heteroatoms. The Morgan fingerprint density at radius 3 is 3.00 bits per heavy atom. The molecular formula is C10H18N4O3S. The number of aryl methyl sites for hydroxylation is 1. The van der Waals surface area contributed by atoms with E-state index in [-0.39, 0.29) is 17.7 Å². The van der Waals surface area contributed by atoms with Gasteiger partial charge in [0.1, 0.15) is 0 Å². The first-order valence-corrected chi connectivity index (χ1v) is 7.35. The average molecular weight is 274 g/mol. The van der Waals surface area contributed by atoms with Crippen LogP contribution < -0.4 is 5.73 Å². The number of aromatic nitrogens is 2. The lowest BCUT2D eigenvalue weighted by Crippen LogP contribution is -2.48. The molecule has 1 aromatic rings. The first-order chi connectivity index (χ1) is 8.57. The quantitative estimate of drug-likeness (QED) is 0.780. The summed E-state index contributed by atoms with van der Waals surface area (Å²) in [5, 5.41) is 0.0852. The minimum atomic E-state index is -3.53. The first-order valence-electron chi connectivity index (χ1n) is 5.91. The van der Waals surface area contributed by atoms with Crippen molar-refractivity contribution >= 4 is 10.0 Å². The summed E-state index contributed by atoms with van der Waals surface area (Å²) >= 11 is 0. The van der Waals surface area contributed by atoms with E-state index in [2.05, 4.69) is 4.98 Å². The Hall–Kier alpha value is -0.960. The number of rotatable bonds is 4. The highest BCUT2D eigenvalue weighted by atomic mass is 32.2. The number of imidazole rings is 1. The van der Waals surface area contributed by atoms with Gasteiger partial charge >= 0.3 is 0 Å². The van der Waals surface area contributed by atoms with Gasteiger partial charge in [-0.2, -0.15) is 4.31 Å². The van der Waals surface area contributed by atoms with Crippen molar-refractivity contribution in [2.45, 2.75) is 24.6 Å². The van der Waals surface area contributed by atoms with Gasteiger partial charge in [0, 0.05) is 32.4 Å². The first kappa shape index (κ1) is 13.5. The zero-order valence-corrected chi connectivity index (χ0v) is 11.1. The van der Waals surface area contributed by atoms with E-state index in [1.54, 1.807) is 10.8 Å². The van der Waals surface area contributed by atoms with Gasteiger partial charge in [0.25, 0.3) is 10.0 Å². The maximum absolute atomic E-state index is 12.3. The molecule has 2 heterocycles. The zero-order valence-electron chi connectivity index (χ0n) is 10.3. The third kappa shape index (κ3) is 2.56. The van der Waals surface area contributed by atoms with Crippen molar-refractivity contribution < 1.29 is 13.2 Å². The molecule has 1 aromatic heterocycles.